The van der Waals surface area contributed by atoms with Crippen molar-refractivity contribution in [3.8, 4) is 5.75 Å². The Morgan fingerprint density at radius 3 is 2.44 bits per heavy atom. The third kappa shape index (κ3) is 6.00. The van der Waals surface area contributed by atoms with Crippen LogP contribution in [0.5, 0.6) is 5.75 Å². The Morgan fingerprint density at radius 1 is 1.02 bits per heavy atom. The summed E-state index contributed by atoms with van der Waals surface area (Å²) in [6.45, 7) is 3.27. The highest BCUT2D eigenvalue weighted by Crippen LogP contribution is 2.55. The van der Waals surface area contributed by atoms with Crippen molar-refractivity contribution in [3.63, 3.8) is 0 Å². The van der Waals surface area contributed by atoms with E-state index in [1.165, 1.54) is 12.7 Å². The van der Waals surface area contributed by atoms with Gasteiger partial charge < -0.3 is 19.5 Å². The molecule has 216 valence electrons. The number of carbonyl (C=O) groups excluding carboxylic acids is 1. The number of fused-ring (bicyclic) bond motifs is 2. The average molecular weight is 578 g/mol. The zero-order chi connectivity index (χ0) is 29.0. The molecule has 3 aromatic rings. The van der Waals surface area contributed by atoms with Crippen LogP contribution in [-0.4, -0.2) is 32.3 Å². The van der Waals surface area contributed by atoms with Crippen molar-refractivity contribution in [1.82, 2.24) is 0 Å². The SMILES string of the molecule is COC(=O)C1(Nc2cccc(Cl)c2)CCC2(CC1)C(C[C@@H](C)COCc1ccc(OC)cc1)=Cc1cccc(F)c12. The van der Waals surface area contributed by atoms with Gasteiger partial charge >= 0.3 is 5.97 Å². The molecule has 1 saturated carbocycles. The van der Waals surface area contributed by atoms with Crippen molar-refractivity contribution in [2.45, 2.75) is 56.6 Å². The molecule has 5 nitrogen and oxygen atoms in total. The van der Waals surface area contributed by atoms with E-state index in [1.54, 1.807) is 31.4 Å². The molecule has 0 amide bonds. The second-order valence-corrected chi connectivity index (χ2v) is 11.8. The summed E-state index contributed by atoms with van der Waals surface area (Å²) in [5.41, 5.74) is 3.34. The number of nitrogens with one attached hydrogen (secondary N) is 1. The van der Waals surface area contributed by atoms with E-state index in [4.69, 9.17) is 25.8 Å². The van der Waals surface area contributed by atoms with Crippen molar-refractivity contribution in [3.05, 3.63) is 99.8 Å². The number of hydrogen-bond donors (Lipinski definition) is 1. The lowest BCUT2D eigenvalue weighted by Crippen LogP contribution is -2.53. The fourth-order valence-corrected chi connectivity index (χ4v) is 6.72. The first-order valence-electron chi connectivity index (χ1n) is 14.1. The van der Waals surface area contributed by atoms with Gasteiger partial charge in [-0.3, -0.25) is 0 Å². The first-order valence-corrected chi connectivity index (χ1v) is 14.5. The van der Waals surface area contributed by atoms with Crippen LogP contribution < -0.4 is 10.1 Å². The number of allylic oxidation sites excluding steroid dienone is 1. The lowest BCUT2D eigenvalue weighted by Gasteiger charge is -2.46. The topological polar surface area (TPSA) is 56.8 Å². The molecule has 1 N–H and O–H groups in total. The Bertz CT molecular complexity index is 1410. The van der Waals surface area contributed by atoms with Crippen LogP contribution in [0.4, 0.5) is 10.1 Å². The number of ether oxygens (including phenoxy) is 3. The molecule has 1 fully saturated rings. The van der Waals surface area contributed by atoms with Gasteiger partial charge in [-0.05, 0) is 85.5 Å². The van der Waals surface area contributed by atoms with Crippen LogP contribution in [0, 0.1) is 11.7 Å². The van der Waals surface area contributed by atoms with Gasteiger partial charge in [0.25, 0.3) is 0 Å². The number of benzene rings is 3. The van der Waals surface area contributed by atoms with Crippen LogP contribution in [0.1, 0.15) is 55.7 Å². The highest BCUT2D eigenvalue weighted by molar-refractivity contribution is 6.30. The molecule has 2 aliphatic rings. The molecule has 0 saturated heterocycles. The zero-order valence-corrected chi connectivity index (χ0v) is 24.6. The van der Waals surface area contributed by atoms with E-state index in [0.29, 0.717) is 43.9 Å². The second kappa shape index (κ2) is 12.3. The first kappa shape index (κ1) is 29.2. The molecule has 1 atom stereocenters. The number of rotatable bonds is 10. The Kier molecular flexibility index (Phi) is 8.71. The Morgan fingerprint density at radius 2 is 1.76 bits per heavy atom. The number of anilines is 1. The van der Waals surface area contributed by atoms with Crippen molar-refractivity contribution >= 4 is 29.3 Å². The minimum atomic E-state index is -0.920. The van der Waals surface area contributed by atoms with Gasteiger partial charge in [0.05, 0.1) is 20.8 Å². The molecule has 0 radical (unpaired) electrons. The molecule has 5 rings (SSSR count). The third-order valence-corrected chi connectivity index (χ3v) is 8.84. The predicted octanol–water partition coefficient (Wildman–Crippen LogP) is 7.96. The summed E-state index contributed by atoms with van der Waals surface area (Å²) in [5.74, 6) is 0.542. The van der Waals surface area contributed by atoms with Crippen LogP contribution in [0.3, 0.4) is 0 Å². The van der Waals surface area contributed by atoms with Crippen LogP contribution in [0.15, 0.2) is 72.3 Å². The third-order valence-electron chi connectivity index (χ3n) is 8.61. The smallest absolute Gasteiger partial charge is 0.331 e. The number of esters is 1. The lowest BCUT2D eigenvalue weighted by atomic mass is 9.61. The Hall–Kier alpha value is -3.35. The maximum Gasteiger partial charge on any atom is 0.331 e. The van der Waals surface area contributed by atoms with Crippen LogP contribution in [-0.2, 0) is 26.3 Å². The summed E-state index contributed by atoms with van der Waals surface area (Å²) in [5, 5.41) is 4.02. The molecule has 7 heteroatoms. The molecule has 0 unspecified atom stereocenters. The van der Waals surface area contributed by atoms with E-state index < -0.39 is 11.0 Å². The van der Waals surface area contributed by atoms with Crippen LogP contribution in [0.2, 0.25) is 5.02 Å². The summed E-state index contributed by atoms with van der Waals surface area (Å²) in [4.78, 5) is 13.2. The van der Waals surface area contributed by atoms with E-state index in [-0.39, 0.29) is 17.7 Å². The van der Waals surface area contributed by atoms with Gasteiger partial charge in [-0.2, -0.15) is 0 Å². The average Bonchev–Trinajstić information content (AvgIpc) is 3.27. The summed E-state index contributed by atoms with van der Waals surface area (Å²) < 4.78 is 32.1. The predicted molar refractivity (Wildman–Crippen MR) is 161 cm³/mol. The molecule has 0 heterocycles. The molecule has 0 aliphatic heterocycles. The summed E-state index contributed by atoms with van der Waals surface area (Å²) in [6, 6.07) is 20.5. The monoisotopic (exact) mass is 577 g/mol. The fourth-order valence-electron chi connectivity index (χ4n) is 6.53. The normalized spacial score (nSPS) is 22.1. The Labute approximate surface area is 246 Å². The van der Waals surface area contributed by atoms with E-state index in [9.17, 15) is 4.79 Å². The van der Waals surface area contributed by atoms with Crippen molar-refractivity contribution in [2.75, 3.05) is 26.1 Å². The second-order valence-electron chi connectivity index (χ2n) is 11.3. The number of carbonyl (C=O) groups is 1. The van der Waals surface area contributed by atoms with E-state index in [2.05, 4.69) is 18.3 Å². The van der Waals surface area contributed by atoms with Gasteiger partial charge in [0.15, 0.2) is 0 Å². The van der Waals surface area contributed by atoms with Crippen molar-refractivity contribution in [2.24, 2.45) is 5.92 Å². The molecule has 0 aromatic heterocycles. The minimum absolute atomic E-state index is 0.189. The quantitative estimate of drug-likeness (QED) is 0.248. The standard InChI is InChI=1S/C34H37ClFNO4/c1-23(21-41-22-24-10-12-29(39-2)13-11-24)18-26-19-25-6-4-9-30(36)31(25)33(26)14-16-34(17-15-33,32(38)40-3)37-28-8-5-7-27(35)20-28/h4-13,19-20,23,37H,14-18,21-22H2,1-3H3/t23-,33?,34?/m1/s1. The Balaban J connectivity index is 1.33. The highest BCUT2D eigenvalue weighted by atomic mass is 35.5. The van der Waals surface area contributed by atoms with Gasteiger partial charge in [0, 0.05) is 28.3 Å². The number of methoxy groups -OCH3 is 2. The molecule has 41 heavy (non-hydrogen) atoms. The summed E-state index contributed by atoms with van der Waals surface area (Å²) in [7, 11) is 3.07. The molecule has 1 spiro atoms. The minimum Gasteiger partial charge on any atom is -0.497 e. The van der Waals surface area contributed by atoms with E-state index in [1.807, 2.05) is 42.5 Å². The van der Waals surface area contributed by atoms with Gasteiger partial charge in [0.1, 0.15) is 17.1 Å². The van der Waals surface area contributed by atoms with Gasteiger partial charge in [0.2, 0.25) is 0 Å². The van der Waals surface area contributed by atoms with E-state index >= 15 is 4.39 Å². The maximum absolute atomic E-state index is 15.5. The van der Waals surface area contributed by atoms with Crippen LogP contribution in [0.25, 0.3) is 6.08 Å². The molecular formula is C34H37ClFNO4. The van der Waals surface area contributed by atoms with Gasteiger partial charge in [-0.25, -0.2) is 9.18 Å². The van der Waals surface area contributed by atoms with Gasteiger partial charge in [-0.15, -0.1) is 0 Å². The molecule has 2 aliphatic carbocycles. The largest absolute Gasteiger partial charge is 0.497 e. The lowest BCUT2D eigenvalue weighted by molar-refractivity contribution is -0.147. The van der Waals surface area contributed by atoms with Crippen molar-refractivity contribution < 1.29 is 23.4 Å². The maximum atomic E-state index is 15.5. The molecule has 3 aromatic carbocycles. The number of hydrogen-bond acceptors (Lipinski definition) is 5. The summed E-state index contributed by atoms with van der Waals surface area (Å²) in [6.07, 6.45) is 5.18. The van der Waals surface area contributed by atoms with Crippen molar-refractivity contribution in [1.29, 1.82) is 0 Å². The fraction of sp³-hybridized carbons (Fsp3) is 0.382. The molecular weight excluding hydrogens is 541 g/mol. The van der Waals surface area contributed by atoms with Gasteiger partial charge in [-0.1, -0.05) is 60.5 Å². The summed E-state index contributed by atoms with van der Waals surface area (Å²) >= 11 is 6.22. The molecule has 0 bridgehead atoms. The van der Waals surface area contributed by atoms with E-state index in [0.717, 1.165) is 34.5 Å². The highest BCUT2D eigenvalue weighted by Gasteiger charge is 2.52. The number of halogens is 2. The van der Waals surface area contributed by atoms with Crippen LogP contribution >= 0.6 is 11.6 Å². The first-order chi connectivity index (χ1) is 19.8. The zero-order valence-electron chi connectivity index (χ0n) is 23.8.